The Bertz CT molecular complexity index is 596. The molecule has 1 aromatic carbocycles. The van der Waals surface area contributed by atoms with Gasteiger partial charge in [-0.3, -0.25) is 9.69 Å². The van der Waals surface area contributed by atoms with E-state index in [9.17, 15) is 4.79 Å². The first-order chi connectivity index (χ1) is 11.6. The zero-order valence-corrected chi connectivity index (χ0v) is 15.0. The second kappa shape index (κ2) is 9.73. The number of rotatable bonds is 7. The van der Waals surface area contributed by atoms with Crippen LogP contribution in [0.3, 0.4) is 0 Å². The SMILES string of the molecule is N#CCCN1CCN(C(=O)CCCOc2ccc(Cl)cc2Cl)CC1. The van der Waals surface area contributed by atoms with E-state index in [1.165, 1.54) is 0 Å². The Kier molecular flexibility index (Phi) is 7.64. The van der Waals surface area contributed by atoms with Gasteiger partial charge in [-0.15, -0.1) is 0 Å². The highest BCUT2D eigenvalue weighted by atomic mass is 35.5. The van der Waals surface area contributed by atoms with E-state index in [-0.39, 0.29) is 5.91 Å². The standard InChI is InChI=1S/C17H21Cl2N3O2/c18-14-4-5-16(15(19)13-14)24-12-1-3-17(23)22-10-8-21(9-11-22)7-2-6-20/h4-5,13H,1-3,7-12H2. The molecule has 0 radical (unpaired) electrons. The van der Waals surface area contributed by atoms with Gasteiger partial charge in [0.15, 0.2) is 0 Å². The van der Waals surface area contributed by atoms with Gasteiger partial charge in [-0.25, -0.2) is 0 Å². The van der Waals surface area contributed by atoms with Gasteiger partial charge in [0.05, 0.1) is 17.7 Å². The fourth-order valence-electron chi connectivity index (χ4n) is 2.58. The number of nitriles is 1. The maximum atomic E-state index is 12.2. The maximum Gasteiger partial charge on any atom is 0.222 e. The Balaban J connectivity index is 1.64. The molecule has 1 fully saturated rings. The Labute approximate surface area is 152 Å². The van der Waals surface area contributed by atoms with E-state index in [0.717, 1.165) is 32.7 Å². The van der Waals surface area contributed by atoms with Crippen LogP contribution in [-0.4, -0.2) is 55.0 Å². The quantitative estimate of drug-likeness (QED) is 0.692. The lowest BCUT2D eigenvalue weighted by Crippen LogP contribution is -2.48. The molecule has 24 heavy (non-hydrogen) atoms. The predicted molar refractivity (Wildman–Crippen MR) is 94.4 cm³/mol. The molecule has 0 aliphatic carbocycles. The molecule has 1 aliphatic heterocycles. The maximum absolute atomic E-state index is 12.2. The molecule has 1 amide bonds. The van der Waals surface area contributed by atoms with Crippen molar-refractivity contribution in [2.24, 2.45) is 0 Å². The number of amides is 1. The van der Waals surface area contributed by atoms with Crippen LogP contribution in [0.15, 0.2) is 18.2 Å². The number of ether oxygens (including phenoxy) is 1. The molecule has 1 heterocycles. The zero-order chi connectivity index (χ0) is 17.4. The molecule has 0 bridgehead atoms. The van der Waals surface area contributed by atoms with Crippen molar-refractivity contribution in [2.45, 2.75) is 19.3 Å². The lowest BCUT2D eigenvalue weighted by molar-refractivity contribution is -0.133. The van der Waals surface area contributed by atoms with Crippen LogP contribution in [0.5, 0.6) is 5.75 Å². The molecule has 0 N–H and O–H groups in total. The normalized spacial score (nSPS) is 15.1. The number of nitrogens with zero attached hydrogens (tertiary/aromatic N) is 3. The van der Waals surface area contributed by atoms with Crippen LogP contribution in [0, 0.1) is 11.3 Å². The van der Waals surface area contributed by atoms with Crippen LogP contribution >= 0.6 is 23.2 Å². The topological polar surface area (TPSA) is 56.6 Å². The molecular formula is C17H21Cl2N3O2. The second-order valence-electron chi connectivity index (χ2n) is 5.66. The molecule has 0 unspecified atom stereocenters. The number of halogens is 2. The average molecular weight is 370 g/mol. The molecule has 2 rings (SSSR count). The van der Waals surface area contributed by atoms with Crippen LogP contribution in [-0.2, 0) is 4.79 Å². The summed E-state index contributed by atoms with van der Waals surface area (Å²) in [7, 11) is 0. The highest BCUT2D eigenvalue weighted by Crippen LogP contribution is 2.27. The van der Waals surface area contributed by atoms with Crippen molar-refractivity contribution in [2.75, 3.05) is 39.3 Å². The molecule has 0 spiro atoms. The van der Waals surface area contributed by atoms with Crippen LogP contribution in [0.4, 0.5) is 0 Å². The van der Waals surface area contributed by atoms with Gasteiger partial charge < -0.3 is 9.64 Å². The fraction of sp³-hybridized carbons (Fsp3) is 0.529. The number of hydrogen-bond acceptors (Lipinski definition) is 4. The van der Waals surface area contributed by atoms with Gasteiger partial charge in [0.1, 0.15) is 5.75 Å². The zero-order valence-electron chi connectivity index (χ0n) is 13.5. The summed E-state index contributed by atoms with van der Waals surface area (Å²) in [6.07, 6.45) is 1.65. The van der Waals surface area contributed by atoms with E-state index in [0.29, 0.717) is 41.7 Å². The Morgan fingerprint density at radius 1 is 1.25 bits per heavy atom. The van der Waals surface area contributed by atoms with Gasteiger partial charge in [-0.1, -0.05) is 23.2 Å². The first-order valence-electron chi connectivity index (χ1n) is 8.05. The van der Waals surface area contributed by atoms with Crippen molar-refractivity contribution in [1.82, 2.24) is 9.80 Å². The van der Waals surface area contributed by atoms with E-state index in [2.05, 4.69) is 11.0 Å². The molecule has 0 saturated carbocycles. The van der Waals surface area contributed by atoms with Crippen LogP contribution < -0.4 is 4.74 Å². The molecule has 1 saturated heterocycles. The lowest BCUT2D eigenvalue weighted by atomic mass is 10.2. The van der Waals surface area contributed by atoms with Gasteiger partial charge >= 0.3 is 0 Å². The summed E-state index contributed by atoms with van der Waals surface area (Å²) < 4.78 is 5.59. The largest absolute Gasteiger partial charge is 0.492 e. The van der Waals surface area contributed by atoms with E-state index < -0.39 is 0 Å². The third-order valence-electron chi connectivity index (χ3n) is 3.95. The molecule has 1 aromatic rings. The molecule has 7 heteroatoms. The summed E-state index contributed by atoms with van der Waals surface area (Å²) in [5.41, 5.74) is 0. The number of piperazine rings is 1. The van der Waals surface area contributed by atoms with Crippen LogP contribution in [0.25, 0.3) is 0 Å². The minimum absolute atomic E-state index is 0.153. The fourth-order valence-corrected chi connectivity index (χ4v) is 3.05. The highest BCUT2D eigenvalue weighted by molar-refractivity contribution is 6.35. The Morgan fingerprint density at radius 3 is 2.67 bits per heavy atom. The van der Waals surface area contributed by atoms with E-state index >= 15 is 0 Å². The van der Waals surface area contributed by atoms with Crippen LogP contribution in [0.1, 0.15) is 19.3 Å². The van der Waals surface area contributed by atoms with Gasteiger partial charge in [0, 0.05) is 50.6 Å². The Morgan fingerprint density at radius 2 is 2.00 bits per heavy atom. The molecule has 0 atom stereocenters. The lowest BCUT2D eigenvalue weighted by Gasteiger charge is -2.34. The van der Waals surface area contributed by atoms with Crippen molar-refractivity contribution in [3.05, 3.63) is 28.2 Å². The summed E-state index contributed by atoms with van der Waals surface area (Å²) in [6.45, 7) is 4.36. The van der Waals surface area contributed by atoms with Gasteiger partial charge in [0.25, 0.3) is 0 Å². The van der Waals surface area contributed by atoms with E-state index in [1.807, 2.05) is 4.90 Å². The number of carbonyl (C=O) groups is 1. The average Bonchev–Trinajstić information content (AvgIpc) is 2.58. The van der Waals surface area contributed by atoms with E-state index in [4.69, 9.17) is 33.2 Å². The summed E-state index contributed by atoms with van der Waals surface area (Å²) in [4.78, 5) is 16.3. The Hall–Kier alpha value is -1.48. The molecule has 1 aliphatic rings. The first-order valence-corrected chi connectivity index (χ1v) is 8.80. The van der Waals surface area contributed by atoms with Gasteiger partial charge in [0.2, 0.25) is 5.91 Å². The second-order valence-corrected chi connectivity index (χ2v) is 6.50. The third kappa shape index (κ3) is 5.86. The monoisotopic (exact) mass is 369 g/mol. The number of carbonyl (C=O) groups excluding carboxylic acids is 1. The number of hydrogen-bond donors (Lipinski definition) is 0. The number of benzene rings is 1. The molecule has 5 nitrogen and oxygen atoms in total. The molecule has 0 aromatic heterocycles. The summed E-state index contributed by atoms with van der Waals surface area (Å²) >= 11 is 11.9. The summed E-state index contributed by atoms with van der Waals surface area (Å²) in [5.74, 6) is 0.736. The van der Waals surface area contributed by atoms with Crippen molar-refractivity contribution in [1.29, 1.82) is 5.26 Å². The van der Waals surface area contributed by atoms with Crippen molar-refractivity contribution in [3.63, 3.8) is 0 Å². The summed E-state index contributed by atoms with van der Waals surface area (Å²) in [6, 6.07) is 7.24. The van der Waals surface area contributed by atoms with Gasteiger partial charge in [-0.2, -0.15) is 5.26 Å². The van der Waals surface area contributed by atoms with Crippen molar-refractivity contribution in [3.8, 4) is 11.8 Å². The molecular weight excluding hydrogens is 349 g/mol. The van der Waals surface area contributed by atoms with E-state index in [1.54, 1.807) is 18.2 Å². The highest BCUT2D eigenvalue weighted by Gasteiger charge is 2.20. The smallest absolute Gasteiger partial charge is 0.222 e. The van der Waals surface area contributed by atoms with Crippen molar-refractivity contribution >= 4 is 29.1 Å². The molecule has 130 valence electrons. The summed E-state index contributed by atoms with van der Waals surface area (Å²) in [5, 5.41) is 9.64. The van der Waals surface area contributed by atoms with Crippen molar-refractivity contribution < 1.29 is 9.53 Å². The van der Waals surface area contributed by atoms with Gasteiger partial charge in [-0.05, 0) is 24.6 Å². The predicted octanol–water partition coefficient (Wildman–Crippen LogP) is 3.21. The minimum atomic E-state index is 0.153. The minimum Gasteiger partial charge on any atom is -0.492 e. The first kappa shape index (κ1) is 18.9. The third-order valence-corrected chi connectivity index (χ3v) is 4.48. The van der Waals surface area contributed by atoms with Crippen LogP contribution in [0.2, 0.25) is 10.0 Å².